The molecule has 1 aliphatic carbocycles. The van der Waals surface area contributed by atoms with Crippen molar-refractivity contribution in [3.8, 4) is 0 Å². The number of para-hydroxylation sites is 1. The van der Waals surface area contributed by atoms with Gasteiger partial charge in [-0.1, -0.05) is 36.4 Å². The number of rotatable bonds is 5. The van der Waals surface area contributed by atoms with Gasteiger partial charge in [0.1, 0.15) is 12.4 Å². The summed E-state index contributed by atoms with van der Waals surface area (Å²) in [5, 5.41) is 6.66. The average Bonchev–Trinajstić information content (AvgIpc) is 2.86. The smallest absolute Gasteiger partial charge is 0.115 e. The monoisotopic (exact) mass is 310 g/mol. The number of ether oxygens (including phenoxy) is 1. The van der Waals surface area contributed by atoms with E-state index in [2.05, 4.69) is 53.1 Å². The Morgan fingerprint density at radius 1 is 1.22 bits per heavy atom. The van der Waals surface area contributed by atoms with Gasteiger partial charge in [0, 0.05) is 24.7 Å². The van der Waals surface area contributed by atoms with E-state index >= 15 is 0 Å². The molecule has 1 saturated heterocycles. The molecule has 3 nitrogen and oxygen atoms in total. The highest BCUT2D eigenvalue weighted by molar-refractivity contribution is 5.50. The van der Waals surface area contributed by atoms with E-state index < -0.39 is 0 Å². The van der Waals surface area contributed by atoms with E-state index in [9.17, 15) is 0 Å². The fourth-order valence-electron chi connectivity index (χ4n) is 3.23. The Morgan fingerprint density at radius 2 is 2.04 bits per heavy atom. The summed E-state index contributed by atoms with van der Waals surface area (Å²) in [6, 6.07) is 8.30. The van der Waals surface area contributed by atoms with Gasteiger partial charge in [0.15, 0.2) is 0 Å². The lowest BCUT2D eigenvalue weighted by Crippen LogP contribution is -2.28. The van der Waals surface area contributed by atoms with E-state index in [1.807, 2.05) is 13.1 Å². The first-order chi connectivity index (χ1) is 11.4. The van der Waals surface area contributed by atoms with E-state index in [0.717, 1.165) is 31.0 Å². The summed E-state index contributed by atoms with van der Waals surface area (Å²) in [7, 11) is 1.95. The van der Waals surface area contributed by atoms with Crippen molar-refractivity contribution >= 4 is 5.69 Å². The second-order valence-electron chi connectivity index (χ2n) is 6.13. The van der Waals surface area contributed by atoms with Crippen LogP contribution in [0.4, 0.5) is 5.69 Å². The van der Waals surface area contributed by atoms with E-state index in [4.69, 9.17) is 4.74 Å². The zero-order valence-corrected chi connectivity index (χ0v) is 13.8. The van der Waals surface area contributed by atoms with Crippen LogP contribution in [0.5, 0.6) is 0 Å². The molecule has 0 aromatic heterocycles. The lowest BCUT2D eigenvalue weighted by atomic mass is 9.89. The molecule has 23 heavy (non-hydrogen) atoms. The molecule has 0 amide bonds. The lowest BCUT2D eigenvalue weighted by molar-refractivity contribution is 0.194. The topological polar surface area (TPSA) is 33.3 Å². The Bertz CT molecular complexity index is 610. The molecular weight excluding hydrogens is 284 g/mol. The molecule has 3 rings (SSSR count). The lowest BCUT2D eigenvalue weighted by Gasteiger charge is -2.24. The predicted octanol–water partition coefficient (Wildman–Crippen LogP) is 4.01. The maximum atomic E-state index is 6.13. The Kier molecular flexibility index (Phi) is 5.54. The standard InChI is InChI=1S/C20H26N2O/c1-21-20-9-5-3-7-18(20)15-23-19-8-4-2-6-17(14-19)16-10-12-22-13-11-16/h2-7,9,14,16,21-22H,8,10-13,15H2,1H3. The van der Waals surface area contributed by atoms with Gasteiger partial charge < -0.3 is 15.4 Å². The number of benzene rings is 1. The average molecular weight is 310 g/mol. The Hall–Kier alpha value is -2.00. The fraction of sp³-hybridized carbons (Fsp3) is 0.400. The van der Waals surface area contributed by atoms with Crippen molar-refractivity contribution in [2.75, 3.05) is 25.5 Å². The molecule has 0 radical (unpaired) electrons. The molecule has 0 bridgehead atoms. The number of hydrogen-bond donors (Lipinski definition) is 2. The molecule has 2 N–H and O–H groups in total. The van der Waals surface area contributed by atoms with Crippen LogP contribution in [0.15, 0.2) is 59.9 Å². The molecule has 0 unspecified atom stereocenters. The van der Waals surface area contributed by atoms with Gasteiger partial charge in [-0.25, -0.2) is 0 Å². The van der Waals surface area contributed by atoms with Crippen LogP contribution in [0.1, 0.15) is 24.8 Å². The van der Waals surface area contributed by atoms with Crippen LogP contribution in [0.3, 0.4) is 0 Å². The van der Waals surface area contributed by atoms with E-state index in [0.29, 0.717) is 12.5 Å². The third-order valence-electron chi connectivity index (χ3n) is 4.58. The zero-order valence-electron chi connectivity index (χ0n) is 13.8. The minimum absolute atomic E-state index is 0.607. The predicted molar refractivity (Wildman–Crippen MR) is 96.3 cm³/mol. The van der Waals surface area contributed by atoms with Crippen molar-refractivity contribution in [2.24, 2.45) is 5.92 Å². The maximum absolute atomic E-state index is 6.13. The van der Waals surface area contributed by atoms with Crippen LogP contribution in [0, 0.1) is 5.92 Å². The van der Waals surface area contributed by atoms with Gasteiger partial charge in [-0.05, 0) is 49.6 Å². The molecule has 122 valence electrons. The zero-order chi connectivity index (χ0) is 15.9. The molecular formula is C20H26N2O. The number of anilines is 1. The third-order valence-corrected chi connectivity index (χ3v) is 4.58. The largest absolute Gasteiger partial charge is 0.493 e. The highest BCUT2D eigenvalue weighted by atomic mass is 16.5. The molecule has 2 aliphatic rings. The summed E-state index contributed by atoms with van der Waals surface area (Å²) < 4.78 is 6.13. The van der Waals surface area contributed by atoms with Gasteiger partial charge in [0.2, 0.25) is 0 Å². The van der Waals surface area contributed by atoms with Gasteiger partial charge in [0.25, 0.3) is 0 Å². The summed E-state index contributed by atoms with van der Waals surface area (Å²) in [4.78, 5) is 0. The van der Waals surface area contributed by atoms with Gasteiger partial charge in [0.05, 0.1) is 0 Å². The molecule has 1 aliphatic heterocycles. The summed E-state index contributed by atoms with van der Waals surface area (Å²) in [6.45, 7) is 2.84. The highest BCUT2D eigenvalue weighted by Crippen LogP contribution is 2.27. The molecule has 3 heteroatoms. The van der Waals surface area contributed by atoms with Gasteiger partial charge in [-0.2, -0.15) is 0 Å². The van der Waals surface area contributed by atoms with E-state index in [1.165, 1.54) is 24.0 Å². The minimum atomic E-state index is 0.607. The third kappa shape index (κ3) is 4.26. The second-order valence-corrected chi connectivity index (χ2v) is 6.13. The maximum Gasteiger partial charge on any atom is 0.115 e. The first kappa shape index (κ1) is 15.9. The SMILES string of the molecule is CNc1ccccc1COC1=CC(C2CCNCC2)=CC=CC1. The summed E-state index contributed by atoms with van der Waals surface area (Å²) in [5.74, 6) is 1.72. The molecule has 1 heterocycles. The van der Waals surface area contributed by atoms with Crippen molar-refractivity contribution < 1.29 is 4.74 Å². The number of allylic oxidation sites excluding steroid dienone is 5. The Morgan fingerprint density at radius 3 is 2.87 bits per heavy atom. The summed E-state index contributed by atoms with van der Waals surface area (Å²) in [5.41, 5.74) is 3.74. The van der Waals surface area contributed by atoms with Crippen LogP contribution >= 0.6 is 0 Å². The van der Waals surface area contributed by atoms with Crippen LogP contribution in [-0.4, -0.2) is 20.1 Å². The van der Waals surface area contributed by atoms with Crippen LogP contribution in [0.25, 0.3) is 0 Å². The first-order valence-electron chi connectivity index (χ1n) is 8.53. The normalized spacial score (nSPS) is 18.8. The molecule has 1 aromatic rings. The van der Waals surface area contributed by atoms with Gasteiger partial charge in [-0.3, -0.25) is 0 Å². The van der Waals surface area contributed by atoms with Gasteiger partial charge >= 0.3 is 0 Å². The first-order valence-corrected chi connectivity index (χ1v) is 8.53. The van der Waals surface area contributed by atoms with Crippen molar-refractivity contribution in [1.29, 1.82) is 0 Å². The number of nitrogens with one attached hydrogen (secondary N) is 2. The van der Waals surface area contributed by atoms with Crippen molar-refractivity contribution in [3.05, 3.63) is 65.5 Å². The van der Waals surface area contributed by atoms with E-state index in [1.54, 1.807) is 0 Å². The van der Waals surface area contributed by atoms with Crippen molar-refractivity contribution in [3.63, 3.8) is 0 Å². The van der Waals surface area contributed by atoms with Crippen molar-refractivity contribution in [1.82, 2.24) is 5.32 Å². The van der Waals surface area contributed by atoms with Gasteiger partial charge in [-0.15, -0.1) is 0 Å². The molecule has 0 saturated carbocycles. The second kappa shape index (κ2) is 8.02. The molecule has 1 aromatic carbocycles. The summed E-state index contributed by atoms with van der Waals surface area (Å²) in [6.07, 6.45) is 12.2. The number of piperidine rings is 1. The Balaban J connectivity index is 1.68. The quantitative estimate of drug-likeness (QED) is 0.862. The fourth-order valence-corrected chi connectivity index (χ4v) is 3.23. The minimum Gasteiger partial charge on any atom is -0.493 e. The Labute approximate surface area is 139 Å². The van der Waals surface area contributed by atoms with Crippen molar-refractivity contribution in [2.45, 2.75) is 25.9 Å². The van der Waals surface area contributed by atoms with Crippen LogP contribution in [0.2, 0.25) is 0 Å². The number of hydrogen-bond acceptors (Lipinski definition) is 3. The molecule has 0 spiro atoms. The van der Waals surface area contributed by atoms with E-state index in [-0.39, 0.29) is 0 Å². The summed E-state index contributed by atoms with van der Waals surface area (Å²) >= 11 is 0. The molecule has 1 fully saturated rings. The highest BCUT2D eigenvalue weighted by Gasteiger charge is 2.17. The van der Waals surface area contributed by atoms with Crippen LogP contribution < -0.4 is 10.6 Å². The molecule has 0 atom stereocenters. The van der Waals surface area contributed by atoms with Crippen LogP contribution in [-0.2, 0) is 11.3 Å².